The second-order valence-electron chi connectivity index (χ2n) is 3.39. The van der Waals surface area contributed by atoms with Crippen molar-refractivity contribution in [2.75, 3.05) is 5.32 Å². The van der Waals surface area contributed by atoms with Gasteiger partial charge in [0.15, 0.2) is 0 Å². The number of nitrogens with one attached hydrogen (secondary N) is 2. The third-order valence-corrected chi connectivity index (χ3v) is 2.85. The minimum Gasteiger partial charge on any atom is -0.508 e. The number of aromatic hydroxyl groups is 1. The third kappa shape index (κ3) is 2.89. The molecule has 7 heteroatoms. The summed E-state index contributed by atoms with van der Waals surface area (Å²) in [5, 5.41) is 13.1. The number of benzene rings is 1. The number of hydrogen-bond donors (Lipinski definition) is 3. The van der Waals surface area contributed by atoms with E-state index in [1.165, 1.54) is 24.3 Å². The Hall–Kier alpha value is -2.28. The Balaban J connectivity index is 2.05. The summed E-state index contributed by atoms with van der Waals surface area (Å²) in [5.74, 6) is -1.01. The van der Waals surface area contributed by atoms with E-state index in [0.717, 1.165) is 6.08 Å². The Kier molecular flexibility index (Phi) is 3.33. The molecule has 3 N–H and O–H groups in total. The van der Waals surface area contributed by atoms with Crippen LogP contribution in [0, 0.1) is 0 Å². The van der Waals surface area contributed by atoms with Crippen LogP contribution in [0.5, 0.6) is 5.75 Å². The highest BCUT2D eigenvalue weighted by Gasteiger charge is 2.25. The van der Waals surface area contributed by atoms with E-state index in [4.69, 9.17) is 5.11 Å². The van der Waals surface area contributed by atoms with E-state index in [9.17, 15) is 14.4 Å². The molecule has 0 radical (unpaired) electrons. The summed E-state index contributed by atoms with van der Waals surface area (Å²) in [6, 6.07) is 5.87. The largest absolute Gasteiger partial charge is 0.508 e. The van der Waals surface area contributed by atoms with Gasteiger partial charge in [-0.3, -0.25) is 19.7 Å². The van der Waals surface area contributed by atoms with Crippen LogP contribution in [0.15, 0.2) is 35.2 Å². The molecule has 0 bridgehead atoms. The Morgan fingerprint density at radius 2 is 1.94 bits per heavy atom. The number of carbonyl (C=O) groups is 3. The minimum atomic E-state index is -0.578. The first-order valence-corrected chi connectivity index (χ1v) is 5.71. The van der Waals surface area contributed by atoms with Crippen LogP contribution in [0.4, 0.5) is 10.5 Å². The van der Waals surface area contributed by atoms with E-state index in [1.807, 2.05) is 5.32 Å². The lowest BCUT2D eigenvalue weighted by atomic mass is 10.3. The third-order valence-electron chi connectivity index (χ3n) is 2.04. The SMILES string of the molecule is O=C(/C=C1\SC(=O)NC1=O)Nc1ccc(O)cc1. The van der Waals surface area contributed by atoms with Gasteiger partial charge in [-0.05, 0) is 36.0 Å². The van der Waals surface area contributed by atoms with Gasteiger partial charge < -0.3 is 10.4 Å². The van der Waals surface area contributed by atoms with Gasteiger partial charge in [-0.25, -0.2) is 0 Å². The van der Waals surface area contributed by atoms with Crippen LogP contribution in [0.1, 0.15) is 0 Å². The highest BCUT2D eigenvalue weighted by atomic mass is 32.2. The lowest BCUT2D eigenvalue weighted by Crippen LogP contribution is -2.18. The lowest BCUT2D eigenvalue weighted by Gasteiger charge is -2.01. The van der Waals surface area contributed by atoms with Crippen molar-refractivity contribution in [1.82, 2.24) is 5.32 Å². The number of thioether (sulfide) groups is 1. The lowest BCUT2D eigenvalue weighted by molar-refractivity contribution is -0.116. The van der Waals surface area contributed by atoms with Crippen LogP contribution < -0.4 is 10.6 Å². The Bertz CT molecular complexity index is 551. The van der Waals surface area contributed by atoms with E-state index < -0.39 is 17.1 Å². The van der Waals surface area contributed by atoms with E-state index in [-0.39, 0.29) is 10.7 Å². The fourth-order valence-electron chi connectivity index (χ4n) is 1.26. The second kappa shape index (κ2) is 4.92. The summed E-state index contributed by atoms with van der Waals surface area (Å²) in [4.78, 5) is 33.7. The molecule has 3 amide bonds. The zero-order chi connectivity index (χ0) is 13.1. The van der Waals surface area contributed by atoms with Crippen LogP contribution in [0.3, 0.4) is 0 Å². The maximum Gasteiger partial charge on any atom is 0.290 e. The van der Waals surface area contributed by atoms with Crippen LogP contribution in [0.2, 0.25) is 0 Å². The minimum absolute atomic E-state index is 0.0521. The van der Waals surface area contributed by atoms with Gasteiger partial charge in [0, 0.05) is 11.8 Å². The predicted octanol–water partition coefficient (Wildman–Crippen LogP) is 1.20. The monoisotopic (exact) mass is 264 g/mol. The number of amides is 3. The molecule has 0 spiro atoms. The summed E-state index contributed by atoms with van der Waals surface area (Å²) in [6.45, 7) is 0. The molecule has 18 heavy (non-hydrogen) atoms. The number of hydrogen-bond acceptors (Lipinski definition) is 5. The molecule has 0 saturated carbocycles. The molecule has 2 rings (SSSR count). The van der Waals surface area contributed by atoms with Gasteiger partial charge in [-0.2, -0.15) is 0 Å². The highest BCUT2D eigenvalue weighted by Crippen LogP contribution is 2.23. The van der Waals surface area contributed by atoms with Crippen LogP contribution in [-0.4, -0.2) is 22.2 Å². The number of imide groups is 1. The topological polar surface area (TPSA) is 95.5 Å². The van der Waals surface area contributed by atoms with Crippen LogP contribution >= 0.6 is 11.8 Å². The van der Waals surface area contributed by atoms with E-state index >= 15 is 0 Å². The average molecular weight is 264 g/mol. The zero-order valence-electron chi connectivity index (χ0n) is 8.97. The maximum absolute atomic E-state index is 11.6. The van der Waals surface area contributed by atoms with Gasteiger partial charge in [-0.15, -0.1) is 0 Å². The summed E-state index contributed by atoms with van der Waals surface area (Å²) in [7, 11) is 0. The van der Waals surface area contributed by atoms with Crippen molar-refractivity contribution in [1.29, 1.82) is 0 Å². The van der Waals surface area contributed by atoms with Crippen molar-refractivity contribution < 1.29 is 19.5 Å². The van der Waals surface area contributed by atoms with Gasteiger partial charge in [0.1, 0.15) is 5.75 Å². The molecule has 1 aliphatic heterocycles. The van der Waals surface area contributed by atoms with E-state index in [2.05, 4.69) is 5.32 Å². The highest BCUT2D eigenvalue weighted by molar-refractivity contribution is 8.18. The first kappa shape index (κ1) is 12.2. The molecule has 1 aromatic carbocycles. The molecule has 0 aliphatic carbocycles. The number of anilines is 1. The summed E-state index contributed by atoms with van der Waals surface area (Å²) < 4.78 is 0. The number of phenols is 1. The Labute approximate surface area is 106 Å². The summed E-state index contributed by atoms with van der Waals surface area (Å²) in [6.07, 6.45) is 1.05. The van der Waals surface area contributed by atoms with Crippen LogP contribution in [-0.2, 0) is 9.59 Å². The molecular formula is C11H8N2O4S. The average Bonchev–Trinajstić information content (AvgIpc) is 2.61. The smallest absolute Gasteiger partial charge is 0.290 e. The second-order valence-corrected chi connectivity index (χ2v) is 4.40. The molecule has 1 aromatic rings. The number of carbonyl (C=O) groups excluding carboxylic acids is 3. The predicted molar refractivity (Wildman–Crippen MR) is 65.9 cm³/mol. The standard InChI is InChI=1S/C11H8N2O4S/c14-7-3-1-6(2-4-7)12-9(15)5-8-10(16)13-11(17)18-8/h1-5,14H,(H,12,15)(H,13,16,17)/b8-5-. The fourth-order valence-corrected chi connectivity index (χ4v) is 1.92. The number of rotatable bonds is 2. The quantitative estimate of drug-likeness (QED) is 0.551. The van der Waals surface area contributed by atoms with Crippen molar-refractivity contribution in [2.45, 2.75) is 0 Å². The van der Waals surface area contributed by atoms with Gasteiger partial charge in [0.25, 0.3) is 11.1 Å². The van der Waals surface area contributed by atoms with E-state index in [1.54, 1.807) is 0 Å². The molecule has 0 atom stereocenters. The molecule has 92 valence electrons. The molecule has 0 aromatic heterocycles. The van der Waals surface area contributed by atoms with Crippen LogP contribution in [0.25, 0.3) is 0 Å². The summed E-state index contributed by atoms with van der Waals surface area (Å²) in [5.41, 5.74) is 0.476. The normalized spacial score (nSPS) is 16.8. The molecular weight excluding hydrogens is 256 g/mol. The maximum atomic E-state index is 11.6. The first-order chi connectivity index (χ1) is 8.54. The van der Waals surface area contributed by atoms with Crippen molar-refractivity contribution in [3.63, 3.8) is 0 Å². The van der Waals surface area contributed by atoms with Crippen molar-refractivity contribution in [3.8, 4) is 5.75 Å². The van der Waals surface area contributed by atoms with Gasteiger partial charge >= 0.3 is 0 Å². The zero-order valence-corrected chi connectivity index (χ0v) is 9.78. The van der Waals surface area contributed by atoms with Gasteiger partial charge in [0.2, 0.25) is 5.91 Å². The van der Waals surface area contributed by atoms with Crippen molar-refractivity contribution in [2.24, 2.45) is 0 Å². The molecule has 6 nitrogen and oxygen atoms in total. The van der Waals surface area contributed by atoms with Gasteiger partial charge in [-0.1, -0.05) is 0 Å². The molecule has 1 aliphatic rings. The molecule has 1 saturated heterocycles. The van der Waals surface area contributed by atoms with Crippen molar-refractivity contribution in [3.05, 3.63) is 35.2 Å². The summed E-state index contributed by atoms with van der Waals surface area (Å²) >= 11 is 0.676. The fraction of sp³-hybridized carbons (Fsp3) is 0. The molecule has 1 heterocycles. The van der Waals surface area contributed by atoms with Gasteiger partial charge in [0.05, 0.1) is 4.91 Å². The first-order valence-electron chi connectivity index (χ1n) is 4.89. The molecule has 1 fully saturated rings. The van der Waals surface area contributed by atoms with Crippen molar-refractivity contribution >= 4 is 34.5 Å². The Morgan fingerprint density at radius 3 is 2.50 bits per heavy atom. The van der Waals surface area contributed by atoms with E-state index in [0.29, 0.717) is 17.4 Å². The Morgan fingerprint density at radius 1 is 1.28 bits per heavy atom. The number of phenolic OH excluding ortho intramolecular Hbond substituents is 1. The molecule has 0 unspecified atom stereocenters.